The molecule has 7 heteroatoms. The van der Waals surface area contributed by atoms with E-state index >= 15 is 0 Å². The Labute approximate surface area is 103 Å². The van der Waals surface area contributed by atoms with Gasteiger partial charge in [0.2, 0.25) is 0 Å². The van der Waals surface area contributed by atoms with Crippen LogP contribution >= 0.6 is 0 Å². The van der Waals surface area contributed by atoms with Crippen molar-refractivity contribution in [1.82, 2.24) is 10.2 Å². The number of anilines is 1. The van der Waals surface area contributed by atoms with Crippen molar-refractivity contribution in [1.29, 1.82) is 5.26 Å². The summed E-state index contributed by atoms with van der Waals surface area (Å²) in [5.74, 6) is 0.0948. The second-order valence-electron chi connectivity index (χ2n) is 4.11. The zero-order valence-corrected chi connectivity index (χ0v) is 10.3. The molecule has 18 heavy (non-hydrogen) atoms. The summed E-state index contributed by atoms with van der Waals surface area (Å²) in [7, 11) is 0. The summed E-state index contributed by atoms with van der Waals surface area (Å²) in [6.45, 7) is 4.75. The number of alkyl halides is 3. The lowest BCUT2D eigenvalue weighted by molar-refractivity contribution is -0.136. The number of aryl methyl sites for hydroxylation is 1. The minimum absolute atomic E-state index is 0.0948. The highest BCUT2D eigenvalue weighted by Gasteiger charge is 2.30. The van der Waals surface area contributed by atoms with Crippen LogP contribution in [0.2, 0.25) is 0 Å². The minimum Gasteiger partial charge on any atom is -0.365 e. The van der Waals surface area contributed by atoms with Gasteiger partial charge in [0.15, 0.2) is 5.82 Å². The van der Waals surface area contributed by atoms with Crippen molar-refractivity contribution in [3.63, 3.8) is 0 Å². The third-order valence-electron chi connectivity index (χ3n) is 2.49. The molecule has 0 amide bonds. The molecule has 1 aromatic heterocycles. The fourth-order valence-corrected chi connectivity index (χ4v) is 1.48. The van der Waals surface area contributed by atoms with Gasteiger partial charge in [-0.15, -0.1) is 5.10 Å². The van der Waals surface area contributed by atoms with Crippen LogP contribution < -0.4 is 5.32 Å². The first-order valence-corrected chi connectivity index (χ1v) is 5.32. The molecule has 4 nitrogen and oxygen atoms in total. The van der Waals surface area contributed by atoms with E-state index in [-0.39, 0.29) is 11.4 Å². The van der Waals surface area contributed by atoms with Gasteiger partial charge in [-0.25, -0.2) is 0 Å². The summed E-state index contributed by atoms with van der Waals surface area (Å²) in [4.78, 5) is 0. The summed E-state index contributed by atoms with van der Waals surface area (Å²) >= 11 is 0. The Morgan fingerprint density at radius 3 is 2.44 bits per heavy atom. The van der Waals surface area contributed by atoms with Gasteiger partial charge >= 0.3 is 6.18 Å². The average Bonchev–Trinajstić information content (AvgIpc) is 2.21. The van der Waals surface area contributed by atoms with Gasteiger partial charge in [-0.2, -0.15) is 23.5 Å². The number of halogens is 3. The molecule has 1 N–H and O–H groups in total. The zero-order chi connectivity index (χ0) is 13.9. The van der Waals surface area contributed by atoms with Crippen LogP contribution in [0.4, 0.5) is 19.0 Å². The first-order valence-electron chi connectivity index (χ1n) is 5.32. The Bertz CT molecular complexity index is 476. The van der Waals surface area contributed by atoms with Crippen LogP contribution in [0.1, 0.15) is 30.2 Å². The van der Waals surface area contributed by atoms with Gasteiger partial charge in [0.1, 0.15) is 11.6 Å². The number of nitrogens with zero attached hydrogens (tertiary/aromatic N) is 3. The summed E-state index contributed by atoms with van der Waals surface area (Å²) in [6.07, 6.45) is -5.25. The normalized spacial score (nSPS) is 12.9. The molecule has 0 aliphatic heterocycles. The lowest BCUT2D eigenvalue weighted by Gasteiger charge is -2.17. The Morgan fingerprint density at radius 1 is 1.33 bits per heavy atom. The van der Waals surface area contributed by atoms with Crippen LogP contribution in [-0.4, -0.2) is 22.4 Å². The quantitative estimate of drug-likeness (QED) is 0.905. The molecule has 0 fully saturated rings. The maximum atomic E-state index is 12.2. The Hall–Kier alpha value is -1.84. The highest BCUT2D eigenvalue weighted by atomic mass is 19.4. The van der Waals surface area contributed by atoms with E-state index in [4.69, 9.17) is 5.26 Å². The van der Waals surface area contributed by atoms with Crippen LogP contribution in [0.3, 0.4) is 0 Å². The molecule has 0 bridgehead atoms. The van der Waals surface area contributed by atoms with E-state index in [0.717, 1.165) is 0 Å². The lowest BCUT2D eigenvalue weighted by Crippen LogP contribution is -2.25. The van der Waals surface area contributed by atoms with Crippen molar-refractivity contribution in [2.24, 2.45) is 0 Å². The molecule has 1 unspecified atom stereocenters. The lowest BCUT2D eigenvalue weighted by atomic mass is 10.1. The Kier molecular flexibility index (Phi) is 4.11. The molecule has 0 aliphatic carbocycles. The predicted octanol–water partition coefficient (Wildman–Crippen LogP) is 2.72. The van der Waals surface area contributed by atoms with Crippen molar-refractivity contribution in [3.8, 4) is 6.07 Å². The van der Waals surface area contributed by atoms with Crippen molar-refractivity contribution in [2.75, 3.05) is 5.32 Å². The van der Waals surface area contributed by atoms with Gasteiger partial charge in [-0.05, 0) is 26.3 Å². The smallest absolute Gasteiger partial charge is 0.365 e. The first-order chi connectivity index (χ1) is 8.24. The third kappa shape index (κ3) is 3.58. The van der Waals surface area contributed by atoms with E-state index in [9.17, 15) is 13.2 Å². The molecule has 0 radical (unpaired) electrons. The van der Waals surface area contributed by atoms with Crippen LogP contribution in [-0.2, 0) is 0 Å². The van der Waals surface area contributed by atoms with Gasteiger partial charge in [0.05, 0.1) is 12.1 Å². The molecule has 1 heterocycles. The third-order valence-corrected chi connectivity index (χ3v) is 2.49. The Morgan fingerprint density at radius 2 is 1.94 bits per heavy atom. The van der Waals surface area contributed by atoms with Crippen molar-refractivity contribution < 1.29 is 13.2 Å². The highest BCUT2D eigenvalue weighted by Crippen LogP contribution is 2.24. The summed E-state index contributed by atoms with van der Waals surface area (Å²) < 4.78 is 36.6. The van der Waals surface area contributed by atoms with Gasteiger partial charge in [-0.1, -0.05) is 0 Å². The summed E-state index contributed by atoms with van der Waals surface area (Å²) in [5, 5.41) is 19.1. The van der Waals surface area contributed by atoms with E-state index in [1.807, 2.05) is 6.07 Å². The topological polar surface area (TPSA) is 61.6 Å². The largest absolute Gasteiger partial charge is 0.391 e. The number of hydrogen-bond acceptors (Lipinski definition) is 4. The molecule has 1 rings (SSSR count). The second-order valence-corrected chi connectivity index (χ2v) is 4.11. The first kappa shape index (κ1) is 14.2. The van der Waals surface area contributed by atoms with Crippen molar-refractivity contribution in [3.05, 3.63) is 16.8 Å². The molecule has 1 aromatic rings. The van der Waals surface area contributed by atoms with Crippen LogP contribution in [0, 0.1) is 25.2 Å². The average molecular weight is 258 g/mol. The van der Waals surface area contributed by atoms with E-state index < -0.39 is 18.6 Å². The predicted molar refractivity (Wildman–Crippen MR) is 60.0 cm³/mol. The molecular weight excluding hydrogens is 245 g/mol. The van der Waals surface area contributed by atoms with Gasteiger partial charge < -0.3 is 5.32 Å². The molecule has 0 aromatic carbocycles. The van der Waals surface area contributed by atoms with Crippen molar-refractivity contribution >= 4 is 5.82 Å². The van der Waals surface area contributed by atoms with Gasteiger partial charge in [0.25, 0.3) is 0 Å². The van der Waals surface area contributed by atoms with Crippen molar-refractivity contribution in [2.45, 2.75) is 39.4 Å². The molecule has 98 valence electrons. The second kappa shape index (κ2) is 5.21. The van der Waals surface area contributed by atoms with E-state index in [0.29, 0.717) is 11.3 Å². The number of nitriles is 1. The molecule has 0 saturated heterocycles. The van der Waals surface area contributed by atoms with Gasteiger partial charge in [0, 0.05) is 6.04 Å². The number of nitrogens with one attached hydrogen (secondary N) is 1. The number of aromatic nitrogens is 2. The van der Waals surface area contributed by atoms with Gasteiger partial charge in [-0.3, -0.25) is 0 Å². The zero-order valence-electron chi connectivity index (χ0n) is 10.3. The molecule has 1 atom stereocenters. The number of rotatable bonds is 3. The van der Waals surface area contributed by atoms with E-state index in [1.54, 1.807) is 13.8 Å². The standard InChI is InChI=1S/C11H13F3N4/c1-6(4-11(12,13)14)16-10-9(5-15)7(2)8(3)17-18-10/h6H,4H2,1-3H3,(H,16,18). The fourth-order valence-electron chi connectivity index (χ4n) is 1.48. The number of hydrogen-bond donors (Lipinski definition) is 1. The van der Waals surface area contributed by atoms with E-state index in [1.165, 1.54) is 6.92 Å². The van der Waals surface area contributed by atoms with Crippen LogP contribution in [0.15, 0.2) is 0 Å². The molecular formula is C11H13F3N4. The molecule has 0 saturated carbocycles. The van der Waals surface area contributed by atoms with E-state index in [2.05, 4.69) is 15.5 Å². The molecule has 0 spiro atoms. The summed E-state index contributed by atoms with van der Waals surface area (Å²) in [6, 6.07) is 1.06. The Balaban J connectivity index is 2.93. The van der Waals surface area contributed by atoms with Crippen LogP contribution in [0.5, 0.6) is 0 Å². The minimum atomic E-state index is -4.26. The fraction of sp³-hybridized carbons (Fsp3) is 0.545. The summed E-state index contributed by atoms with van der Waals surface area (Å²) in [5.41, 5.74) is 1.44. The van der Waals surface area contributed by atoms with Crippen LogP contribution in [0.25, 0.3) is 0 Å². The monoisotopic (exact) mass is 258 g/mol. The molecule has 0 aliphatic rings. The maximum Gasteiger partial charge on any atom is 0.391 e. The highest BCUT2D eigenvalue weighted by molar-refractivity contribution is 5.56. The maximum absolute atomic E-state index is 12.2. The SMILES string of the molecule is Cc1nnc(NC(C)CC(F)(F)F)c(C#N)c1C.